The third kappa shape index (κ3) is 3.42. The van der Waals surface area contributed by atoms with Gasteiger partial charge in [0.15, 0.2) is 0 Å². The van der Waals surface area contributed by atoms with Gasteiger partial charge in [-0.2, -0.15) is 11.8 Å². The molecule has 1 aliphatic rings. The van der Waals surface area contributed by atoms with Gasteiger partial charge >= 0.3 is 0 Å². The smallest absolute Gasteiger partial charge is 0.123 e. The van der Waals surface area contributed by atoms with Crippen LogP contribution in [0.5, 0.6) is 5.75 Å². The van der Waals surface area contributed by atoms with Gasteiger partial charge in [0.1, 0.15) is 5.75 Å². The quantitative estimate of drug-likeness (QED) is 0.880. The molecule has 0 bridgehead atoms. The molecule has 1 aromatic rings. The number of rotatable bonds is 5. The van der Waals surface area contributed by atoms with Crippen LogP contribution < -0.4 is 10.1 Å². The van der Waals surface area contributed by atoms with E-state index in [-0.39, 0.29) is 0 Å². The van der Waals surface area contributed by atoms with Gasteiger partial charge in [0.2, 0.25) is 0 Å². The molecule has 100 valence electrons. The SMILES string of the molecule is CNC(CC1CCSCC1)c1ccccc1OC. The Kier molecular flexibility index (Phi) is 5.39. The van der Waals surface area contributed by atoms with E-state index in [0.29, 0.717) is 6.04 Å². The van der Waals surface area contributed by atoms with E-state index < -0.39 is 0 Å². The van der Waals surface area contributed by atoms with Crippen molar-refractivity contribution in [3.8, 4) is 5.75 Å². The molecule has 0 spiro atoms. The Morgan fingerprint density at radius 3 is 2.72 bits per heavy atom. The molecule has 18 heavy (non-hydrogen) atoms. The highest BCUT2D eigenvalue weighted by atomic mass is 32.2. The molecule has 0 saturated carbocycles. The highest BCUT2D eigenvalue weighted by Crippen LogP contribution is 2.34. The number of methoxy groups -OCH3 is 1. The summed E-state index contributed by atoms with van der Waals surface area (Å²) in [7, 11) is 3.80. The maximum absolute atomic E-state index is 5.47. The highest BCUT2D eigenvalue weighted by Gasteiger charge is 2.21. The lowest BCUT2D eigenvalue weighted by atomic mass is 9.90. The number of hydrogen-bond acceptors (Lipinski definition) is 3. The summed E-state index contributed by atoms with van der Waals surface area (Å²) >= 11 is 2.09. The van der Waals surface area contributed by atoms with Crippen molar-refractivity contribution in [2.45, 2.75) is 25.3 Å². The molecule has 1 aromatic carbocycles. The molecule has 1 heterocycles. The second-order valence-electron chi connectivity index (χ2n) is 4.87. The normalized spacial score (nSPS) is 18.6. The molecule has 1 atom stereocenters. The summed E-state index contributed by atoms with van der Waals surface area (Å²) in [5, 5.41) is 3.45. The molecular formula is C15H23NOS. The average molecular weight is 265 g/mol. The maximum atomic E-state index is 5.47. The lowest BCUT2D eigenvalue weighted by Crippen LogP contribution is -2.22. The fourth-order valence-corrected chi connectivity index (χ4v) is 3.87. The van der Waals surface area contributed by atoms with E-state index >= 15 is 0 Å². The zero-order valence-electron chi connectivity index (χ0n) is 11.3. The molecule has 1 aliphatic heterocycles. The maximum Gasteiger partial charge on any atom is 0.123 e. The minimum absolute atomic E-state index is 0.411. The van der Waals surface area contributed by atoms with E-state index in [0.717, 1.165) is 11.7 Å². The summed E-state index contributed by atoms with van der Waals surface area (Å²) in [5.41, 5.74) is 1.29. The zero-order valence-corrected chi connectivity index (χ0v) is 12.1. The van der Waals surface area contributed by atoms with Crippen LogP contribution in [-0.2, 0) is 0 Å². The number of para-hydroxylation sites is 1. The Morgan fingerprint density at radius 2 is 2.06 bits per heavy atom. The second-order valence-corrected chi connectivity index (χ2v) is 6.10. The summed E-state index contributed by atoms with van der Waals surface area (Å²) < 4.78 is 5.47. The molecule has 0 radical (unpaired) electrons. The van der Waals surface area contributed by atoms with Crippen molar-refractivity contribution >= 4 is 11.8 Å². The van der Waals surface area contributed by atoms with Crippen molar-refractivity contribution in [2.24, 2.45) is 5.92 Å². The van der Waals surface area contributed by atoms with Crippen LogP contribution in [0.15, 0.2) is 24.3 Å². The van der Waals surface area contributed by atoms with Crippen LogP contribution in [-0.4, -0.2) is 25.7 Å². The summed E-state index contributed by atoms with van der Waals surface area (Å²) in [6, 6.07) is 8.77. The Balaban J connectivity index is 2.07. The Hall–Kier alpha value is -0.670. The fourth-order valence-electron chi connectivity index (χ4n) is 2.67. The summed E-state index contributed by atoms with van der Waals surface area (Å²) in [5.74, 6) is 4.51. The molecule has 1 fully saturated rings. The van der Waals surface area contributed by atoms with Gasteiger partial charge in [0.05, 0.1) is 7.11 Å². The van der Waals surface area contributed by atoms with Crippen LogP contribution >= 0.6 is 11.8 Å². The standard InChI is InChI=1S/C15H23NOS/c1-16-14(11-12-7-9-18-10-8-12)13-5-3-4-6-15(13)17-2/h3-6,12,14,16H,7-11H2,1-2H3. The van der Waals surface area contributed by atoms with Gasteiger partial charge in [-0.25, -0.2) is 0 Å². The van der Waals surface area contributed by atoms with Gasteiger partial charge in [0, 0.05) is 11.6 Å². The summed E-state index contributed by atoms with van der Waals surface area (Å²) in [4.78, 5) is 0. The number of ether oxygens (including phenoxy) is 1. The molecule has 1 unspecified atom stereocenters. The summed E-state index contributed by atoms with van der Waals surface area (Å²) in [6.45, 7) is 0. The third-order valence-corrected chi connectivity index (χ3v) is 4.82. The molecule has 2 rings (SSSR count). The first-order valence-electron chi connectivity index (χ1n) is 6.73. The van der Waals surface area contributed by atoms with Gasteiger partial charge in [-0.3, -0.25) is 0 Å². The van der Waals surface area contributed by atoms with Crippen LogP contribution in [0, 0.1) is 5.92 Å². The Labute approximate surface area is 114 Å². The number of benzene rings is 1. The molecular weight excluding hydrogens is 242 g/mol. The molecule has 1 saturated heterocycles. The van der Waals surface area contributed by atoms with E-state index in [2.05, 4.69) is 42.3 Å². The highest BCUT2D eigenvalue weighted by molar-refractivity contribution is 7.99. The van der Waals surface area contributed by atoms with Gasteiger partial charge in [0.25, 0.3) is 0 Å². The van der Waals surface area contributed by atoms with Crippen molar-refractivity contribution < 1.29 is 4.74 Å². The van der Waals surface area contributed by atoms with Gasteiger partial charge < -0.3 is 10.1 Å². The zero-order chi connectivity index (χ0) is 12.8. The van der Waals surface area contributed by atoms with Crippen molar-refractivity contribution in [3.63, 3.8) is 0 Å². The van der Waals surface area contributed by atoms with Crippen molar-refractivity contribution in [1.82, 2.24) is 5.32 Å². The Morgan fingerprint density at radius 1 is 1.33 bits per heavy atom. The molecule has 0 aliphatic carbocycles. The molecule has 0 aromatic heterocycles. The first-order valence-corrected chi connectivity index (χ1v) is 7.88. The van der Waals surface area contributed by atoms with Gasteiger partial charge in [-0.15, -0.1) is 0 Å². The minimum atomic E-state index is 0.411. The van der Waals surface area contributed by atoms with Crippen LogP contribution in [0.3, 0.4) is 0 Å². The largest absolute Gasteiger partial charge is 0.496 e. The van der Waals surface area contributed by atoms with Crippen LogP contribution in [0.4, 0.5) is 0 Å². The van der Waals surface area contributed by atoms with Gasteiger partial charge in [-0.05, 0) is 49.8 Å². The average Bonchev–Trinajstić information content (AvgIpc) is 2.46. The first kappa shape index (κ1) is 13.8. The van der Waals surface area contributed by atoms with Crippen molar-refractivity contribution in [1.29, 1.82) is 0 Å². The van der Waals surface area contributed by atoms with Crippen molar-refractivity contribution in [2.75, 3.05) is 25.7 Å². The predicted octanol–water partition coefficient (Wildman–Crippen LogP) is 3.49. The minimum Gasteiger partial charge on any atom is -0.496 e. The van der Waals surface area contributed by atoms with Crippen molar-refractivity contribution in [3.05, 3.63) is 29.8 Å². The van der Waals surface area contributed by atoms with Crippen LogP contribution in [0.1, 0.15) is 30.9 Å². The number of nitrogens with one attached hydrogen (secondary N) is 1. The van der Waals surface area contributed by atoms with E-state index in [1.54, 1.807) is 7.11 Å². The fraction of sp³-hybridized carbons (Fsp3) is 0.600. The summed E-state index contributed by atoms with van der Waals surface area (Å²) in [6.07, 6.45) is 3.94. The van der Waals surface area contributed by atoms with E-state index in [4.69, 9.17) is 4.74 Å². The van der Waals surface area contributed by atoms with Crippen LogP contribution in [0.2, 0.25) is 0 Å². The monoisotopic (exact) mass is 265 g/mol. The molecule has 2 nitrogen and oxygen atoms in total. The van der Waals surface area contributed by atoms with Crippen LogP contribution in [0.25, 0.3) is 0 Å². The topological polar surface area (TPSA) is 21.3 Å². The third-order valence-electron chi connectivity index (χ3n) is 3.77. The lowest BCUT2D eigenvalue weighted by molar-refractivity contribution is 0.363. The Bertz CT molecular complexity index is 363. The number of hydrogen-bond donors (Lipinski definition) is 1. The lowest BCUT2D eigenvalue weighted by Gasteiger charge is -2.27. The predicted molar refractivity (Wildman–Crippen MR) is 79.5 cm³/mol. The molecule has 1 N–H and O–H groups in total. The second kappa shape index (κ2) is 7.05. The van der Waals surface area contributed by atoms with E-state index in [1.807, 2.05) is 6.07 Å². The van der Waals surface area contributed by atoms with E-state index in [1.165, 1.54) is 36.3 Å². The molecule has 3 heteroatoms. The van der Waals surface area contributed by atoms with E-state index in [9.17, 15) is 0 Å². The first-order chi connectivity index (χ1) is 8.85. The number of thioether (sulfide) groups is 1. The van der Waals surface area contributed by atoms with Gasteiger partial charge in [-0.1, -0.05) is 18.2 Å². The molecule has 0 amide bonds.